The van der Waals surface area contributed by atoms with Crippen molar-refractivity contribution in [1.29, 1.82) is 0 Å². The Kier molecular flexibility index (Phi) is 37.1. The van der Waals surface area contributed by atoms with Gasteiger partial charge < -0.3 is 40.6 Å². The van der Waals surface area contributed by atoms with Crippen molar-refractivity contribution in [3.8, 4) is 45.8 Å². The van der Waals surface area contributed by atoms with Crippen LogP contribution in [0.3, 0.4) is 0 Å². The van der Waals surface area contributed by atoms with Gasteiger partial charge in [0.15, 0.2) is 0 Å². The van der Waals surface area contributed by atoms with Gasteiger partial charge >= 0.3 is 45.8 Å². The summed E-state index contributed by atoms with van der Waals surface area (Å²) in [4.78, 5) is 23.6. The number of rotatable bonds is 12. The van der Waals surface area contributed by atoms with Gasteiger partial charge in [-0.05, 0) is 178 Å². The second-order valence-electron chi connectivity index (χ2n) is 23.7. The average Bonchev–Trinajstić information content (AvgIpc) is 1.75. The molecule has 0 radical (unpaired) electrons. The first-order valence-electron chi connectivity index (χ1n) is 34.3. The molecule has 0 bridgehead atoms. The molecule has 0 unspecified atom stereocenters. The monoisotopic (exact) mass is 1880 g/mol. The molecule has 550 valence electrons. The van der Waals surface area contributed by atoms with E-state index in [0.717, 1.165) is 39.9 Å². The minimum Gasteiger partial charge on any atom is -0.574 e. The van der Waals surface area contributed by atoms with E-state index >= 15 is 0 Å². The maximum absolute atomic E-state index is 12.1. The van der Waals surface area contributed by atoms with Crippen LogP contribution in [-0.4, -0.2) is 77.0 Å². The van der Waals surface area contributed by atoms with E-state index in [0.29, 0.717) is 11.6 Å². The Bertz CT molecular complexity index is 4360. The molecule has 8 aromatic heterocycles. The quantitative estimate of drug-likeness (QED) is 0.105. The van der Waals surface area contributed by atoms with Gasteiger partial charge in [0, 0.05) is 53.4 Å². The van der Waals surface area contributed by atoms with Crippen LogP contribution in [0, 0.1) is 20.8 Å². The molecule has 0 saturated carbocycles. The van der Waals surface area contributed by atoms with Gasteiger partial charge in [0.25, 0.3) is 0 Å². The molecule has 0 saturated heterocycles. The van der Waals surface area contributed by atoms with Gasteiger partial charge in [-0.3, -0.25) is 30.1 Å². The van der Waals surface area contributed by atoms with Crippen molar-refractivity contribution >= 4 is 74.1 Å². The number of hydrogen-bond acceptors (Lipinski definition) is 10. The minimum atomic E-state index is -4.57. The molecule has 0 atom stereocenters. The van der Waals surface area contributed by atoms with Crippen molar-refractivity contribution in [3.05, 3.63) is 375 Å². The predicted molar refractivity (Wildman–Crippen MR) is 444 cm³/mol. The number of halogens is 3. The van der Waals surface area contributed by atoms with E-state index in [9.17, 15) is 13.2 Å². The standard InChI is InChI=1S/4C13H13P.2C9H8N3.C8H4F3N4.C8H7N4.2Os/c4*1-14(12-8-4-2-5-9-12)13-10-6-3-7-11-13;2*1-7-6-9(12-11-7)8-4-2-3-5-10-8;9-8(10,11)7-13-6(14-15-7)5-3-1-2-4-12-5;1-6-10-8(12-11-6)7-4-2-3-5-9-7;;/h4*2-11H,1H3;2*2-6H,1H3;1-4H;2-5H,1H3;;/q;;;;4*-1;2*+2/p+4. The van der Waals surface area contributed by atoms with Gasteiger partial charge in [0.2, 0.25) is 0 Å². The Morgan fingerprint density at radius 3 is 0.688 bits per heavy atom. The molecule has 0 aliphatic carbocycles. The van der Waals surface area contributed by atoms with Gasteiger partial charge in [0.1, 0.15) is 5.82 Å². The Morgan fingerprint density at radius 1 is 0.266 bits per heavy atom. The van der Waals surface area contributed by atoms with Gasteiger partial charge in [0.05, 0.1) is 112 Å². The van der Waals surface area contributed by atoms with Crippen LogP contribution in [0.2, 0.25) is 0 Å². The van der Waals surface area contributed by atoms with E-state index in [1.54, 1.807) is 37.6 Å². The summed E-state index contributed by atoms with van der Waals surface area (Å²) < 4.78 is 36.4. The van der Waals surface area contributed by atoms with E-state index in [-0.39, 0.29) is 51.1 Å². The maximum Gasteiger partial charge on any atom is 2.00 e. The van der Waals surface area contributed by atoms with E-state index in [2.05, 4.69) is 340 Å². The van der Waals surface area contributed by atoms with Crippen LogP contribution >= 0.6 is 31.7 Å². The Balaban J connectivity index is 0.000000173. The largest absolute Gasteiger partial charge is 2.00 e. The van der Waals surface area contributed by atoms with Crippen molar-refractivity contribution in [1.82, 2.24) is 70.7 Å². The van der Waals surface area contributed by atoms with E-state index in [1.165, 1.54) is 54.7 Å². The van der Waals surface area contributed by atoms with Crippen molar-refractivity contribution < 1.29 is 52.8 Å². The molecule has 8 heterocycles. The van der Waals surface area contributed by atoms with Crippen LogP contribution in [-0.2, 0) is 45.8 Å². The van der Waals surface area contributed by atoms with Crippen LogP contribution in [0.25, 0.3) is 45.8 Å². The fourth-order valence-corrected chi connectivity index (χ4v) is 17.0. The molecule has 0 aliphatic rings. The summed E-state index contributed by atoms with van der Waals surface area (Å²) in [5.41, 5.74) is 6.31. The number of benzene rings is 8. The number of aryl methyl sites for hydroxylation is 3. The topological polar surface area (TPSA) is 185 Å². The first-order valence-corrected chi connectivity index (χ1v) is 42.3. The van der Waals surface area contributed by atoms with Crippen molar-refractivity contribution in [2.45, 2.75) is 26.9 Å². The molecule has 0 spiro atoms. The molecule has 0 amide bonds. The number of pyridine rings is 4. The predicted octanol–water partition coefficient (Wildman–Crippen LogP) is 15.1. The van der Waals surface area contributed by atoms with Crippen LogP contribution < -0.4 is 62.8 Å². The van der Waals surface area contributed by atoms with E-state index in [4.69, 9.17) is 0 Å². The number of hydrogen-bond donors (Lipinski definition) is 0. The smallest absolute Gasteiger partial charge is 0.574 e. The molecule has 16 aromatic rings. The second-order valence-corrected chi connectivity index (χ2v) is 33.3. The first-order chi connectivity index (χ1) is 52.2. The summed E-state index contributed by atoms with van der Waals surface area (Å²) >= 11 is 0. The van der Waals surface area contributed by atoms with E-state index < -0.39 is 43.7 Å². The SMILES string of the molecule is C[PH+](c1ccccc1)c1ccccc1.C[PH+](c1ccccc1)c1ccccc1.C[PH+](c1ccccc1)c1ccccc1.C[PH+](c1ccccc1)c1ccccc1.Cc1cc(-c2ccccn2)[n-]n1.Cc1cc(-c2ccccn2)[n-]n1.Cc1n[n-]c(-c2ccccn2)n1.FC(F)(F)c1n[n-]c(-c2ccccn2)n1.[Os+2].[Os+2]. The third kappa shape index (κ3) is 29.1. The van der Waals surface area contributed by atoms with Gasteiger partial charge in [-0.1, -0.05) is 193 Å². The van der Waals surface area contributed by atoms with Crippen molar-refractivity contribution in [3.63, 3.8) is 0 Å². The van der Waals surface area contributed by atoms with Gasteiger partial charge in [-0.15, -0.1) is 0 Å². The fraction of sp³-hybridized carbons (Fsp3) is 0.0930. The molecule has 16 rings (SSSR count). The maximum atomic E-state index is 12.1. The normalized spacial score (nSPS) is 10.3. The summed E-state index contributed by atoms with van der Waals surface area (Å²) in [5, 5.41) is 41.5. The third-order valence-electron chi connectivity index (χ3n) is 15.9. The van der Waals surface area contributed by atoms with Crippen LogP contribution in [0.1, 0.15) is 23.0 Å². The Hall–Kier alpha value is -10.2. The zero-order chi connectivity index (χ0) is 75.3. The second kappa shape index (κ2) is 46.9. The van der Waals surface area contributed by atoms with Gasteiger partial charge in [-0.2, -0.15) is 13.2 Å². The molecular weight excluding hydrogens is 1790 g/mol. The molecule has 0 aliphatic heterocycles. The van der Waals surface area contributed by atoms with Crippen molar-refractivity contribution in [2.75, 3.05) is 26.7 Å². The molecule has 14 nitrogen and oxygen atoms in total. The summed E-state index contributed by atoms with van der Waals surface area (Å²) in [6.45, 7) is 15.0. The molecular formula is C86H83F3N14Os2P4+4. The molecule has 23 heteroatoms. The summed E-state index contributed by atoms with van der Waals surface area (Å²) in [7, 11) is -2.18. The first kappa shape index (κ1) is 86.1. The van der Waals surface area contributed by atoms with Crippen LogP contribution in [0.15, 0.2) is 352 Å². The van der Waals surface area contributed by atoms with Crippen LogP contribution in [0.4, 0.5) is 13.2 Å². The minimum absolute atomic E-state index is 0. The summed E-state index contributed by atoms with van der Waals surface area (Å²) in [6.07, 6.45) is 2.08. The average molecular weight is 1870 g/mol. The number of aromatic nitrogens is 14. The van der Waals surface area contributed by atoms with Gasteiger partial charge in [-0.25, -0.2) is 0 Å². The van der Waals surface area contributed by atoms with Crippen molar-refractivity contribution in [2.24, 2.45) is 0 Å². The Labute approximate surface area is 667 Å². The number of nitrogens with zero attached hydrogens (tertiary/aromatic N) is 14. The number of alkyl halides is 3. The summed E-state index contributed by atoms with van der Waals surface area (Å²) in [6, 6.07) is 112. The van der Waals surface area contributed by atoms with Crippen LogP contribution in [0.5, 0.6) is 0 Å². The molecule has 109 heavy (non-hydrogen) atoms. The Morgan fingerprint density at radius 2 is 0.495 bits per heavy atom. The molecule has 0 N–H and O–H groups in total. The zero-order valence-electron chi connectivity index (χ0n) is 61.1. The van der Waals surface area contributed by atoms with E-state index in [1.807, 2.05) is 80.6 Å². The molecule has 8 aromatic carbocycles. The third-order valence-corrected chi connectivity index (χ3v) is 25.5. The zero-order valence-corrected chi connectivity index (χ0v) is 70.2. The fourth-order valence-electron chi connectivity index (χ4n) is 10.1. The molecule has 0 fully saturated rings. The summed E-state index contributed by atoms with van der Waals surface area (Å²) in [5.74, 6) is -0.102.